The molecule has 2 amide bonds. The predicted molar refractivity (Wildman–Crippen MR) is 162 cm³/mol. The van der Waals surface area contributed by atoms with Gasteiger partial charge in [0.2, 0.25) is 26.0 Å². The summed E-state index contributed by atoms with van der Waals surface area (Å²) in [5, 5.41) is 0. The quantitative estimate of drug-likeness (QED) is 0.405. The molecule has 0 aliphatic carbocycles. The zero-order valence-electron chi connectivity index (χ0n) is 22.4. The number of sulfonamides is 2. The maximum absolute atomic E-state index is 12.1. The molecule has 2 aliphatic rings. The van der Waals surface area contributed by atoms with Crippen LogP contribution < -0.4 is 19.2 Å². The third kappa shape index (κ3) is 8.81. The van der Waals surface area contributed by atoms with Gasteiger partial charge in [0.15, 0.2) is 6.10 Å². The standard InChI is InChI=1S/C12H16N2O6S2.C12H16N2O3S.2CH4/c1-13-22(18,19)10-5-3-9(4-6-10)14-8-7-11(12(14)15)20-21(2,16)17;1-9-7-8-14(12(9)15)10-3-5-11(6-4-10)18(16,17)13-2;;/h3-6,11,13H,7-8H2,1-2H3;3-6,9,13H,7-8H2,1-2H3;2*1H4. The van der Waals surface area contributed by atoms with E-state index in [4.69, 9.17) is 4.18 Å². The lowest BCUT2D eigenvalue weighted by Crippen LogP contribution is -2.31. The van der Waals surface area contributed by atoms with Crippen LogP contribution in [-0.2, 0) is 43.9 Å². The number of nitrogens with zero attached hydrogens (tertiary/aromatic N) is 2. The fourth-order valence-corrected chi connectivity index (χ4v) is 6.20. The SMILES string of the molecule is C.C.CNS(=O)(=O)c1ccc(N2CCC(C)C2=O)cc1.CNS(=O)(=O)c1ccc(N2CCC(OS(C)(=O)=O)C2=O)cc1. The van der Waals surface area contributed by atoms with E-state index < -0.39 is 42.2 Å². The Hall–Kier alpha value is -2.89. The molecule has 0 spiro atoms. The van der Waals surface area contributed by atoms with Gasteiger partial charge in [0.25, 0.3) is 16.0 Å². The van der Waals surface area contributed by atoms with Crippen LogP contribution in [0.1, 0.15) is 34.6 Å². The normalized spacial score (nSPS) is 19.0. The Morgan fingerprint density at radius 2 is 1.07 bits per heavy atom. The van der Waals surface area contributed by atoms with Crippen LogP contribution in [0.25, 0.3) is 0 Å². The molecule has 0 saturated carbocycles. The first-order chi connectivity index (χ1) is 18.6. The molecule has 4 rings (SSSR count). The van der Waals surface area contributed by atoms with Crippen LogP contribution in [0.15, 0.2) is 58.3 Å². The van der Waals surface area contributed by atoms with Crippen LogP contribution in [0, 0.1) is 5.92 Å². The first-order valence-electron chi connectivity index (χ1n) is 12.2. The zero-order chi connectivity index (χ0) is 29.9. The fourth-order valence-electron chi connectivity index (χ4n) is 4.14. The van der Waals surface area contributed by atoms with E-state index in [1.165, 1.54) is 55.4 Å². The van der Waals surface area contributed by atoms with Crippen LogP contribution in [0.5, 0.6) is 0 Å². The van der Waals surface area contributed by atoms with Crippen molar-refractivity contribution >= 4 is 53.4 Å². The minimum atomic E-state index is -3.71. The van der Waals surface area contributed by atoms with Crippen LogP contribution in [-0.4, -0.2) is 76.6 Å². The lowest BCUT2D eigenvalue weighted by atomic mass is 10.1. The highest BCUT2D eigenvalue weighted by Gasteiger charge is 2.36. The first-order valence-corrected chi connectivity index (χ1v) is 17.0. The Morgan fingerprint density at radius 3 is 1.40 bits per heavy atom. The summed E-state index contributed by atoms with van der Waals surface area (Å²) >= 11 is 0. The van der Waals surface area contributed by atoms with Crippen molar-refractivity contribution in [3.8, 4) is 0 Å². The predicted octanol–water partition coefficient (Wildman–Crippen LogP) is 1.92. The van der Waals surface area contributed by atoms with Crippen molar-refractivity contribution in [2.24, 2.45) is 5.92 Å². The molecule has 2 saturated heterocycles. The van der Waals surface area contributed by atoms with Gasteiger partial charge in [0.05, 0.1) is 16.0 Å². The highest BCUT2D eigenvalue weighted by atomic mass is 32.2. The van der Waals surface area contributed by atoms with Gasteiger partial charge in [-0.25, -0.2) is 26.3 Å². The van der Waals surface area contributed by atoms with Gasteiger partial charge in [-0.15, -0.1) is 0 Å². The van der Waals surface area contributed by atoms with Gasteiger partial charge in [-0.1, -0.05) is 21.8 Å². The maximum Gasteiger partial charge on any atom is 0.265 e. The van der Waals surface area contributed by atoms with Crippen molar-refractivity contribution in [3.05, 3.63) is 48.5 Å². The molecule has 2 fully saturated rings. The second kappa shape index (κ2) is 14.5. The topological polar surface area (TPSA) is 176 Å². The highest BCUT2D eigenvalue weighted by molar-refractivity contribution is 7.89. The summed E-state index contributed by atoms with van der Waals surface area (Å²) in [6.45, 7) is 2.90. The minimum absolute atomic E-state index is 0. The number of carbonyl (C=O) groups is 2. The van der Waals surface area contributed by atoms with E-state index >= 15 is 0 Å². The zero-order valence-corrected chi connectivity index (χ0v) is 24.8. The monoisotopic (exact) mass is 648 g/mol. The summed E-state index contributed by atoms with van der Waals surface area (Å²) in [6, 6.07) is 12.1. The number of hydrogen-bond acceptors (Lipinski definition) is 9. The third-order valence-electron chi connectivity index (χ3n) is 6.38. The van der Waals surface area contributed by atoms with Gasteiger partial charge in [0.1, 0.15) is 0 Å². The Kier molecular flexibility index (Phi) is 12.8. The molecule has 2 aliphatic heterocycles. The van der Waals surface area contributed by atoms with Gasteiger partial charge >= 0.3 is 0 Å². The number of anilines is 2. The second-order valence-corrected chi connectivity index (χ2v) is 14.5. The summed E-state index contributed by atoms with van der Waals surface area (Å²) in [6.07, 6.45) is 0.953. The molecule has 42 heavy (non-hydrogen) atoms. The van der Waals surface area contributed by atoms with E-state index in [1.807, 2.05) is 6.92 Å². The first kappa shape index (κ1) is 37.1. The van der Waals surface area contributed by atoms with Crippen molar-refractivity contribution in [2.75, 3.05) is 43.2 Å². The molecule has 2 unspecified atom stereocenters. The van der Waals surface area contributed by atoms with Crippen LogP contribution in [0.4, 0.5) is 11.4 Å². The Morgan fingerprint density at radius 1 is 0.690 bits per heavy atom. The lowest BCUT2D eigenvalue weighted by Gasteiger charge is -2.17. The smallest absolute Gasteiger partial charge is 0.265 e. The molecular weight excluding hydrogens is 609 g/mol. The van der Waals surface area contributed by atoms with Gasteiger partial charge in [-0.2, -0.15) is 8.42 Å². The summed E-state index contributed by atoms with van der Waals surface area (Å²) in [4.78, 5) is 27.3. The van der Waals surface area contributed by atoms with E-state index in [9.17, 15) is 34.8 Å². The molecule has 2 N–H and O–H groups in total. The number of carbonyl (C=O) groups excluding carboxylic acids is 2. The van der Waals surface area contributed by atoms with E-state index in [0.29, 0.717) is 18.8 Å². The van der Waals surface area contributed by atoms with E-state index in [2.05, 4.69) is 9.44 Å². The maximum atomic E-state index is 12.1. The van der Waals surface area contributed by atoms with Crippen LogP contribution in [0.2, 0.25) is 0 Å². The highest BCUT2D eigenvalue weighted by Crippen LogP contribution is 2.26. The minimum Gasteiger partial charge on any atom is -0.312 e. The second-order valence-electron chi connectivity index (χ2n) is 9.15. The average molecular weight is 649 g/mol. The molecule has 0 bridgehead atoms. The van der Waals surface area contributed by atoms with Crippen molar-refractivity contribution < 1.29 is 39.0 Å². The van der Waals surface area contributed by atoms with E-state index in [0.717, 1.165) is 18.4 Å². The molecule has 16 heteroatoms. The van der Waals surface area contributed by atoms with Crippen molar-refractivity contribution in [2.45, 2.75) is 50.5 Å². The number of benzene rings is 2. The lowest BCUT2D eigenvalue weighted by molar-refractivity contribution is -0.122. The largest absolute Gasteiger partial charge is 0.312 e. The van der Waals surface area contributed by atoms with Crippen molar-refractivity contribution in [1.82, 2.24) is 9.44 Å². The molecule has 2 heterocycles. The van der Waals surface area contributed by atoms with Gasteiger partial charge in [0, 0.05) is 36.8 Å². The van der Waals surface area contributed by atoms with E-state index in [-0.39, 0.29) is 42.9 Å². The Labute approximate surface area is 249 Å². The summed E-state index contributed by atoms with van der Waals surface area (Å²) in [5.74, 6) is -0.320. The number of nitrogens with one attached hydrogen (secondary N) is 2. The molecule has 0 radical (unpaired) electrons. The summed E-state index contributed by atoms with van der Waals surface area (Å²) in [5.41, 5.74) is 1.24. The Bertz CT molecular complexity index is 1560. The van der Waals surface area contributed by atoms with Gasteiger partial charge in [-0.05, 0) is 69.0 Å². The number of rotatable bonds is 8. The van der Waals surface area contributed by atoms with Gasteiger partial charge < -0.3 is 9.80 Å². The van der Waals surface area contributed by atoms with Gasteiger partial charge in [-0.3, -0.25) is 13.8 Å². The molecular formula is C26H40N4O9S3. The molecule has 2 aromatic rings. The third-order valence-corrected chi connectivity index (χ3v) is 9.82. The van der Waals surface area contributed by atoms with Crippen molar-refractivity contribution in [1.29, 1.82) is 0 Å². The van der Waals surface area contributed by atoms with Crippen LogP contribution >= 0.6 is 0 Å². The molecule has 13 nitrogen and oxygen atoms in total. The number of hydrogen-bond donors (Lipinski definition) is 2. The summed E-state index contributed by atoms with van der Waals surface area (Å²) in [7, 11) is -8.00. The molecule has 236 valence electrons. The average Bonchev–Trinajstić information content (AvgIpc) is 3.44. The Balaban J connectivity index is 0.000000408. The molecule has 2 aromatic carbocycles. The summed E-state index contributed by atoms with van der Waals surface area (Å²) < 4.78 is 77.7. The number of amides is 2. The van der Waals surface area contributed by atoms with Crippen molar-refractivity contribution in [3.63, 3.8) is 0 Å². The fraction of sp³-hybridized carbons (Fsp3) is 0.462. The molecule has 2 atom stereocenters. The van der Waals surface area contributed by atoms with E-state index in [1.54, 1.807) is 17.0 Å². The van der Waals surface area contributed by atoms with Crippen LogP contribution in [0.3, 0.4) is 0 Å². The molecule has 0 aromatic heterocycles.